The molecular weight excluding hydrogens is 264 g/mol. The van der Waals surface area contributed by atoms with E-state index in [1.807, 2.05) is 31.2 Å². The number of carbonyl (C=O) groups excluding carboxylic acids is 1. The molecule has 0 aliphatic heterocycles. The van der Waals surface area contributed by atoms with Gasteiger partial charge in [0.25, 0.3) is 0 Å². The molecule has 1 aromatic heterocycles. The second-order valence-corrected chi connectivity index (χ2v) is 5.07. The predicted octanol–water partition coefficient (Wildman–Crippen LogP) is 2.83. The Bertz CT molecular complexity index is 609. The maximum absolute atomic E-state index is 11.9. The van der Waals surface area contributed by atoms with Crippen LogP contribution in [0, 0.1) is 11.3 Å². The lowest BCUT2D eigenvalue weighted by molar-refractivity contribution is -0.121. The summed E-state index contributed by atoms with van der Waals surface area (Å²) in [5, 5.41) is 11.7. The van der Waals surface area contributed by atoms with Gasteiger partial charge in [-0.2, -0.15) is 5.26 Å². The molecule has 4 heteroatoms. The van der Waals surface area contributed by atoms with E-state index in [1.54, 1.807) is 18.4 Å². The van der Waals surface area contributed by atoms with Crippen molar-refractivity contribution in [3.8, 4) is 6.07 Å². The SMILES string of the molecule is CC(CCc1ccco1)NC(=O)Cc1ccc(C#N)cc1. The predicted molar refractivity (Wildman–Crippen MR) is 79.5 cm³/mol. The molecule has 1 N–H and O–H groups in total. The highest BCUT2D eigenvalue weighted by Gasteiger charge is 2.09. The Morgan fingerprint density at radius 3 is 2.71 bits per heavy atom. The van der Waals surface area contributed by atoms with Crippen LogP contribution in [0.4, 0.5) is 0 Å². The van der Waals surface area contributed by atoms with E-state index in [-0.39, 0.29) is 11.9 Å². The largest absolute Gasteiger partial charge is 0.469 e. The van der Waals surface area contributed by atoms with Crippen molar-refractivity contribution in [1.82, 2.24) is 5.32 Å². The van der Waals surface area contributed by atoms with Crippen molar-refractivity contribution in [2.75, 3.05) is 0 Å². The van der Waals surface area contributed by atoms with Gasteiger partial charge in [-0.3, -0.25) is 4.79 Å². The van der Waals surface area contributed by atoms with Gasteiger partial charge in [0, 0.05) is 12.5 Å². The number of rotatable bonds is 6. The highest BCUT2D eigenvalue weighted by molar-refractivity contribution is 5.78. The van der Waals surface area contributed by atoms with Crippen molar-refractivity contribution in [3.05, 3.63) is 59.5 Å². The molecule has 0 saturated heterocycles. The van der Waals surface area contributed by atoms with Gasteiger partial charge in [-0.15, -0.1) is 0 Å². The summed E-state index contributed by atoms with van der Waals surface area (Å²) < 4.78 is 5.27. The Hall–Kier alpha value is -2.54. The highest BCUT2D eigenvalue weighted by Crippen LogP contribution is 2.07. The molecule has 1 unspecified atom stereocenters. The fourth-order valence-corrected chi connectivity index (χ4v) is 2.09. The Balaban J connectivity index is 1.76. The molecule has 108 valence electrons. The van der Waals surface area contributed by atoms with E-state index < -0.39 is 0 Å². The summed E-state index contributed by atoms with van der Waals surface area (Å²) >= 11 is 0. The summed E-state index contributed by atoms with van der Waals surface area (Å²) in [7, 11) is 0. The first kappa shape index (κ1) is 14.9. The summed E-state index contributed by atoms with van der Waals surface area (Å²) in [6.07, 6.45) is 3.64. The van der Waals surface area contributed by atoms with Crippen LogP contribution in [0.5, 0.6) is 0 Å². The van der Waals surface area contributed by atoms with Gasteiger partial charge in [0.1, 0.15) is 5.76 Å². The van der Waals surface area contributed by atoms with E-state index >= 15 is 0 Å². The Morgan fingerprint density at radius 1 is 1.33 bits per heavy atom. The summed E-state index contributed by atoms with van der Waals surface area (Å²) in [6, 6.07) is 13.0. The highest BCUT2D eigenvalue weighted by atomic mass is 16.3. The second kappa shape index (κ2) is 7.30. The van der Waals surface area contributed by atoms with E-state index in [1.165, 1.54) is 0 Å². The number of hydrogen-bond acceptors (Lipinski definition) is 3. The molecule has 4 nitrogen and oxygen atoms in total. The first-order chi connectivity index (χ1) is 10.2. The zero-order valence-electron chi connectivity index (χ0n) is 12.0. The molecular formula is C17H18N2O2. The van der Waals surface area contributed by atoms with E-state index in [4.69, 9.17) is 9.68 Å². The number of carbonyl (C=O) groups is 1. The van der Waals surface area contributed by atoms with Crippen molar-refractivity contribution in [1.29, 1.82) is 5.26 Å². The van der Waals surface area contributed by atoms with Crippen LogP contribution in [-0.2, 0) is 17.6 Å². The molecule has 0 fully saturated rings. The summed E-state index contributed by atoms with van der Waals surface area (Å²) in [5.41, 5.74) is 1.51. The normalized spacial score (nSPS) is 11.6. The van der Waals surface area contributed by atoms with Gasteiger partial charge >= 0.3 is 0 Å². The average molecular weight is 282 g/mol. The van der Waals surface area contributed by atoms with Crippen LogP contribution < -0.4 is 5.32 Å². The number of amides is 1. The lowest BCUT2D eigenvalue weighted by Crippen LogP contribution is -2.34. The molecule has 0 aliphatic rings. The molecule has 1 atom stereocenters. The maximum atomic E-state index is 11.9. The number of nitriles is 1. The van der Waals surface area contributed by atoms with Gasteiger partial charge < -0.3 is 9.73 Å². The van der Waals surface area contributed by atoms with Crippen LogP contribution in [0.1, 0.15) is 30.2 Å². The van der Waals surface area contributed by atoms with Crippen LogP contribution in [-0.4, -0.2) is 11.9 Å². The summed E-state index contributed by atoms with van der Waals surface area (Å²) in [6.45, 7) is 1.99. The van der Waals surface area contributed by atoms with Gasteiger partial charge in [-0.25, -0.2) is 0 Å². The summed E-state index contributed by atoms with van der Waals surface area (Å²) in [4.78, 5) is 11.9. The third kappa shape index (κ3) is 4.81. The molecule has 21 heavy (non-hydrogen) atoms. The van der Waals surface area contributed by atoms with Crippen LogP contribution in [0.3, 0.4) is 0 Å². The minimum absolute atomic E-state index is 0.00773. The smallest absolute Gasteiger partial charge is 0.224 e. The van der Waals surface area contributed by atoms with Crippen molar-refractivity contribution in [2.24, 2.45) is 0 Å². The van der Waals surface area contributed by atoms with Crippen LogP contribution in [0.15, 0.2) is 47.1 Å². The van der Waals surface area contributed by atoms with Crippen molar-refractivity contribution >= 4 is 5.91 Å². The number of aryl methyl sites for hydroxylation is 1. The van der Waals surface area contributed by atoms with Gasteiger partial charge in [-0.05, 0) is 43.2 Å². The Labute approximate surface area is 124 Å². The molecule has 0 bridgehead atoms. The van der Waals surface area contributed by atoms with Crippen molar-refractivity contribution in [2.45, 2.75) is 32.2 Å². The second-order valence-electron chi connectivity index (χ2n) is 5.07. The monoisotopic (exact) mass is 282 g/mol. The zero-order chi connectivity index (χ0) is 15.1. The van der Waals surface area contributed by atoms with Gasteiger partial charge in [-0.1, -0.05) is 12.1 Å². The van der Waals surface area contributed by atoms with E-state index in [2.05, 4.69) is 11.4 Å². The molecule has 1 amide bonds. The molecule has 0 aliphatic carbocycles. The fourth-order valence-electron chi connectivity index (χ4n) is 2.09. The first-order valence-electron chi connectivity index (χ1n) is 6.98. The van der Waals surface area contributed by atoms with E-state index in [9.17, 15) is 4.79 Å². The molecule has 2 rings (SSSR count). The Kier molecular flexibility index (Phi) is 5.16. The maximum Gasteiger partial charge on any atom is 0.224 e. The Morgan fingerprint density at radius 2 is 2.10 bits per heavy atom. The lowest BCUT2D eigenvalue weighted by Gasteiger charge is -2.13. The number of hydrogen-bond donors (Lipinski definition) is 1. The van der Waals surface area contributed by atoms with E-state index in [0.717, 1.165) is 24.2 Å². The third-order valence-corrected chi connectivity index (χ3v) is 3.26. The van der Waals surface area contributed by atoms with Gasteiger partial charge in [0.05, 0.1) is 24.3 Å². The fraction of sp³-hybridized carbons (Fsp3) is 0.294. The number of benzene rings is 1. The molecule has 1 aromatic carbocycles. The number of nitrogens with one attached hydrogen (secondary N) is 1. The van der Waals surface area contributed by atoms with Crippen LogP contribution in [0.25, 0.3) is 0 Å². The summed E-state index contributed by atoms with van der Waals surface area (Å²) in [5.74, 6) is 0.926. The minimum Gasteiger partial charge on any atom is -0.469 e. The number of furan rings is 1. The molecule has 0 radical (unpaired) electrons. The number of nitrogens with zero attached hydrogens (tertiary/aromatic N) is 1. The first-order valence-corrected chi connectivity index (χ1v) is 6.98. The van der Waals surface area contributed by atoms with Crippen molar-refractivity contribution < 1.29 is 9.21 Å². The minimum atomic E-state index is -0.00773. The van der Waals surface area contributed by atoms with Crippen LogP contribution in [0.2, 0.25) is 0 Å². The quantitative estimate of drug-likeness (QED) is 0.886. The average Bonchev–Trinajstić information content (AvgIpc) is 2.99. The van der Waals surface area contributed by atoms with E-state index in [0.29, 0.717) is 12.0 Å². The van der Waals surface area contributed by atoms with Crippen LogP contribution >= 0.6 is 0 Å². The van der Waals surface area contributed by atoms with Gasteiger partial charge in [0.2, 0.25) is 5.91 Å². The lowest BCUT2D eigenvalue weighted by atomic mass is 10.1. The topological polar surface area (TPSA) is 66.0 Å². The van der Waals surface area contributed by atoms with Crippen molar-refractivity contribution in [3.63, 3.8) is 0 Å². The van der Waals surface area contributed by atoms with Gasteiger partial charge in [0.15, 0.2) is 0 Å². The molecule has 1 heterocycles. The molecule has 2 aromatic rings. The molecule has 0 spiro atoms. The molecule has 0 saturated carbocycles. The zero-order valence-corrected chi connectivity index (χ0v) is 12.0. The third-order valence-electron chi connectivity index (χ3n) is 3.26. The standard InChI is InChI=1S/C17H18N2O2/c1-13(4-9-16-3-2-10-21-16)19-17(20)11-14-5-7-15(12-18)8-6-14/h2-3,5-8,10,13H,4,9,11H2,1H3,(H,19,20).